The van der Waals surface area contributed by atoms with Crippen molar-refractivity contribution in [2.24, 2.45) is 0 Å². The quantitative estimate of drug-likeness (QED) is 0.474. The van der Waals surface area contributed by atoms with Crippen LogP contribution in [0.5, 0.6) is 17.2 Å². The lowest BCUT2D eigenvalue weighted by Crippen LogP contribution is -2.23. The van der Waals surface area contributed by atoms with Crippen LogP contribution in [0.25, 0.3) is 0 Å². The second kappa shape index (κ2) is 10.7. The van der Waals surface area contributed by atoms with Crippen LogP contribution in [0.15, 0.2) is 60.7 Å². The first-order valence-corrected chi connectivity index (χ1v) is 10.4. The minimum Gasteiger partial charge on any atom is -0.496 e. The van der Waals surface area contributed by atoms with Gasteiger partial charge in [-0.25, -0.2) is 0 Å². The van der Waals surface area contributed by atoms with Crippen molar-refractivity contribution in [2.75, 3.05) is 13.7 Å². The summed E-state index contributed by atoms with van der Waals surface area (Å²) in [6, 6.07) is 18.4. The third-order valence-corrected chi connectivity index (χ3v) is 5.20. The first kappa shape index (κ1) is 22.5. The van der Waals surface area contributed by atoms with E-state index in [2.05, 4.69) is 5.32 Å². The third kappa shape index (κ3) is 5.92. The fourth-order valence-corrected chi connectivity index (χ4v) is 3.24. The van der Waals surface area contributed by atoms with Gasteiger partial charge in [0, 0.05) is 28.3 Å². The molecule has 0 bridgehead atoms. The van der Waals surface area contributed by atoms with Gasteiger partial charge in [0.1, 0.15) is 23.9 Å². The molecule has 0 aromatic heterocycles. The Balaban J connectivity index is 1.73. The van der Waals surface area contributed by atoms with Gasteiger partial charge in [0.25, 0.3) is 5.91 Å². The molecule has 0 radical (unpaired) electrons. The van der Waals surface area contributed by atoms with Crippen LogP contribution in [0.3, 0.4) is 0 Å². The predicted molar refractivity (Wildman–Crippen MR) is 122 cm³/mol. The summed E-state index contributed by atoms with van der Waals surface area (Å²) in [6.07, 6.45) is 0. The maximum Gasteiger partial charge on any atom is 0.251 e. The third-order valence-electron chi connectivity index (χ3n) is 4.78. The van der Waals surface area contributed by atoms with Crippen LogP contribution in [0.4, 0.5) is 0 Å². The van der Waals surface area contributed by atoms with Gasteiger partial charge in [0.15, 0.2) is 0 Å². The number of carbonyl (C=O) groups is 1. The van der Waals surface area contributed by atoms with Gasteiger partial charge in [0.05, 0.1) is 13.7 Å². The van der Waals surface area contributed by atoms with Crippen LogP contribution in [-0.2, 0) is 13.2 Å². The van der Waals surface area contributed by atoms with Gasteiger partial charge in [-0.2, -0.15) is 0 Å². The molecule has 3 aromatic carbocycles. The number of hydrogen-bond acceptors (Lipinski definition) is 4. The topological polar surface area (TPSA) is 56.8 Å². The van der Waals surface area contributed by atoms with E-state index in [9.17, 15) is 4.79 Å². The Kier molecular flexibility index (Phi) is 7.79. The Hall–Kier alpha value is -3.18. The highest BCUT2D eigenvalue weighted by molar-refractivity contribution is 6.31. The fourth-order valence-electron chi connectivity index (χ4n) is 3.12. The summed E-state index contributed by atoms with van der Waals surface area (Å²) in [4.78, 5) is 12.7. The fraction of sp³-hybridized carbons (Fsp3) is 0.240. The standard InChI is InChI=1S/C25H26ClNO4/c1-4-30-24-12-9-18(25(28)27-15-19-7-5-6-8-23(19)29-3)14-20(24)16-31-21-10-11-22(26)17(2)13-21/h5-14H,4,15-16H2,1-3H3,(H,27,28). The summed E-state index contributed by atoms with van der Waals surface area (Å²) < 4.78 is 17.0. The molecule has 3 rings (SSSR count). The van der Waals surface area contributed by atoms with Gasteiger partial charge >= 0.3 is 0 Å². The minimum atomic E-state index is -0.183. The van der Waals surface area contributed by atoms with Gasteiger partial charge in [-0.15, -0.1) is 0 Å². The average molecular weight is 440 g/mol. The average Bonchev–Trinajstić information content (AvgIpc) is 2.79. The zero-order valence-electron chi connectivity index (χ0n) is 17.9. The molecule has 1 N–H and O–H groups in total. The molecule has 5 nitrogen and oxygen atoms in total. The molecule has 0 aliphatic heterocycles. The van der Waals surface area contributed by atoms with Crippen LogP contribution in [-0.4, -0.2) is 19.6 Å². The van der Waals surface area contributed by atoms with Gasteiger partial charge in [0.2, 0.25) is 0 Å². The number of benzene rings is 3. The molecule has 0 heterocycles. The first-order valence-electron chi connectivity index (χ1n) is 10.1. The number of hydrogen-bond donors (Lipinski definition) is 1. The Morgan fingerprint density at radius 2 is 1.77 bits per heavy atom. The minimum absolute atomic E-state index is 0.183. The van der Waals surface area contributed by atoms with Crippen molar-refractivity contribution in [1.29, 1.82) is 0 Å². The zero-order valence-corrected chi connectivity index (χ0v) is 18.7. The zero-order chi connectivity index (χ0) is 22.2. The number of aryl methyl sites for hydroxylation is 1. The number of para-hydroxylation sites is 1. The Bertz CT molecular complexity index is 1050. The highest BCUT2D eigenvalue weighted by Crippen LogP contribution is 2.25. The normalized spacial score (nSPS) is 10.5. The molecular weight excluding hydrogens is 414 g/mol. The van der Waals surface area contributed by atoms with Crippen molar-refractivity contribution < 1.29 is 19.0 Å². The largest absolute Gasteiger partial charge is 0.496 e. The molecule has 0 spiro atoms. The Morgan fingerprint density at radius 1 is 0.968 bits per heavy atom. The SMILES string of the molecule is CCOc1ccc(C(=O)NCc2ccccc2OC)cc1COc1ccc(Cl)c(C)c1. The molecule has 0 fully saturated rings. The van der Waals surface area contributed by atoms with E-state index in [-0.39, 0.29) is 12.5 Å². The number of halogens is 1. The van der Waals surface area contributed by atoms with Gasteiger partial charge in [-0.1, -0.05) is 29.8 Å². The van der Waals surface area contributed by atoms with Crippen LogP contribution < -0.4 is 19.5 Å². The molecule has 0 aliphatic carbocycles. The van der Waals surface area contributed by atoms with E-state index in [1.165, 1.54) is 0 Å². The van der Waals surface area contributed by atoms with E-state index < -0.39 is 0 Å². The second-order valence-corrected chi connectivity index (χ2v) is 7.36. The summed E-state index contributed by atoms with van der Waals surface area (Å²) in [5, 5.41) is 3.63. The van der Waals surface area contributed by atoms with E-state index in [1.807, 2.05) is 50.2 Å². The van der Waals surface area contributed by atoms with Crippen LogP contribution in [0.2, 0.25) is 5.02 Å². The lowest BCUT2D eigenvalue weighted by atomic mass is 10.1. The number of rotatable bonds is 9. The van der Waals surface area contributed by atoms with Crippen molar-refractivity contribution in [3.05, 3.63) is 87.9 Å². The lowest BCUT2D eigenvalue weighted by molar-refractivity contribution is 0.0950. The van der Waals surface area contributed by atoms with E-state index in [0.29, 0.717) is 35.2 Å². The van der Waals surface area contributed by atoms with E-state index in [4.69, 9.17) is 25.8 Å². The first-order chi connectivity index (χ1) is 15.0. The smallest absolute Gasteiger partial charge is 0.251 e. The predicted octanol–water partition coefficient (Wildman–Crippen LogP) is 5.56. The van der Waals surface area contributed by atoms with Crippen molar-refractivity contribution >= 4 is 17.5 Å². The number of carbonyl (C=O) groups excluding carboxylic acids is 1. The molecule has 0 saturated heterocycles. The number of methoxy groups -OCH3 is 1. The maximum atomic E-state index is 12.7. The van der Waals surface area contributed by atoms with Crippen LogP contribution in [0.1, 0.15) is 34.0 Å². The monoisotopic (exact) mass is 439 g/mol. The van der Waals surface area contributed by atoms with Crippen LogP contribution >= 0.6 is 11.6 Å². The summed E-state index contributed by atoms with van der Waals surface area (Å²) >= 11 is 6.09. The summed E-state index contributed by atoms with van der Waals surface area (Å²) in [5.41, 5.74) is 3.17. The van der Waals surface area contributed by atoms with E-state index >= 15 is 0 Å². The van der Waals surface area contributed by atoms with Gasteiger partial charge < -0.3 is 19.5 Å². The highest BCUT2D eigenvalue weighted by atomic mass is 35.5. The van der Waals surface area contributed by atoms with Crippen LogP contribution in [0, 0.1) is 6.92 Å². The number of ether oxygens (including phenoxy) is 3. The summed E-state index contributed by atoms with van der Waals surface area (Å²) in [6.45, 7) is 5.00. The number of nitrogens with one attached hydrogen (secondary N) is 1. The molecule has 0 aliphatic rings. The van der Waals surface area contributed by atoms with Gasteiger partial charge in [-0.3, -0.25) is 4.79 Å². The molecular formula is C25H26ClNO4. The van der Waals surface area contributed by atoms with E-state index in [0.717, 1.165) is 22.4 Å². The second-order valence-electron chi connectivity index (χ2n) is 6.95. The molecule has 162 valence electrons. The maximum absolute atomic E-state index is 12.7. The van der Waals surface area contributed by atoms with Crippen molar-refractivity contribution in [3.8, 4) is 17.2 Å². The molecule has 1 amide bonds. The Labute approximate surface area is 187 Å². The lowest BCUT2D eigenvalue weighted by Gasteiger charge is -2.14. The molecule has 0 saturated carbocycles. The summed E-state index contributed by atoms with van der Waals surface area (Å²) in [5.74, 6) is 1.95. The molecule has 6 heteroatoms. The molecule has 31 heavy (non-hydrogen) atoms. The van der Waals surface area contributed by atoms with Gasteiger partial charge in [-0.05, 0) is 61.9 Å². The molecule has 0 unspecified atom stereocenters. The molecule has 3 aromatic rings. The summed E-state index contributed by atoms with van der Waals surface area (Å²) in [7, 11) is 1.61. The Morgan fingerprint density at radius 3 is 2.52 bits per heavy atom. The van der Waals surface area contributed by atoms with Crippen molar-refractivity contribution in [2.45, 2.75) is 27.0 Å². The van der Waals surface area contributed by atoms with E-state index in [1.54, 1.807) is 31.4 Å². The molecule has 0 atom stereocenters. The van der Waals surface area contributed by atoms with Crippen molar-refractivity contribution in [3.63, 3.8) is 0 Å². The number of amides is 1. The highest BCUT2D eigenvalue weighted by Gasteiger charge is 2.12. The van der Waals surface area contributed by atoms with Crippen molar-refractivity contribution in [1.82, 2.24) is 5.32 Å².